The molecule has 0 aromatic carbocycles. The summed E-state index contributed by atoms with van der Waals surface area (Å²) in [5, 5.41) is 15.1. The average Bonchev–Trinajstić information content (AvgIpc) is 2.59. The highest BCUT2D eigenvalue weighted by atomic mass is 16.3. The number of rotatable bonds is 4. The number of hydrogen-bond donors (Lipinski definition) is 4. The SMILES string of the molecule is [2H]C([2H])([2H])C(Nc1ncc(C(N)=O)c(NC2CCC(C)C(O)C2)n1)(C([2H])([2H])[2H])C([2H])([2H])[2H]. The first-order valence-electron chi connectivity index (χ1n) is 11.8. The lowest BCUT2D eigenvalue weighted by atomic mass is 9.85. The Morgan fingerprint density at radius 3 is 2.83 bits per heavy atom. The zero-order chi connectivity index (χ0) is 24.7. The monoisotopic (exact) mass is 330 g/mol. The highest BCUT2D eigenvalue weighted by molar-refractivity contribution is 5.97. The van der Waals surface area contributed by atoms with E-state index in [1.54, 1.807) is 0 Å². The van der Waals surface area contributed by atoms with Crippen molar-refractivity contribution in [3.8, 4) is 0 Å². The maximum atomic E-state index is 11.8. The molecule has 0 spiro atoms. The van der Waals surface area contributed by atoms with Gasteiger partial charge in [0.25, 0.3) is 5.91 Å². The van der Waals surface area contributed by atoms with Crippen molar-refractivity contribution < 1.29 is 22.2 Å². The molecule has 2 rings (SSSR count). The lowest BCUT2D eigenvalue weighted by Gasteiger charge is -2.32. The van der Waals surface area contributed by atoms with Crippen LogP contribution in [0.4, 0.5) is 11.8 Å². The minimum absolute atomic E-state index is 0.0877. The summed E-state index contributed by atoms with van der Waals surface area (Å²) in [6, 6.07) is -0.306. The summed E-state index contributed by atoms with van der Waals surface area (Å²) in [4.78, 5) is 19.6. The van der Waals surface area contributed by atoms with E-state index in [2.05, 4.69) is 15.3 Å². The van der Waals surface area contributed by atoms with Crippen LogP contribution in [0.3, 0.4) is 0 Å². The Morgan fingerprint density at radius 1 is 1.48 bits per heavy atom. The average molecular weight is 330 g/mol. The van der Waals surface area contributed by atoms with Gasteiger partial charge in [-0.1, -0.05) is 6.92 Å². The van der Waals surface area contributed by atoms with Gasteiger partial charge in [-0.15, -0.1) is 0 Å². The normalized spacial score (nSPS) is 32.4. The quantitative estimate of drug-likeness (QED) is 0.669. The van der Waals surface area contributed by atoms with Crippen molar-refractivity contribution in [2.24, 2.45) is 11.7 Å². The van der Waals surface area contributed by atoms with Gasteiger partial charge in [0, 0.05) is 30.1 Å². The predicted octanol–water partition coefficient (Wildman–Crippen LogP) is 1.75. The Bertz CT molecular complexity index is 805. The zero-order valence-electron chi connectivity index (χ0n) is 21.8. The summed E-state index contributed by atoms with van der Waals surface area (Å²) in [6.45, 7) is -8.62. The Balaban J connectivity index is 2.51. The van der Waals surface area contributed by atoms with Crippen LogP contribution in [0, 0.1) is 5.92 Å². The van der Waals surface area contributed by atoms with Gasteiger partial charge in [-0.25, -0.2) is 4.98 Å². The van der Waals surface area contributed by atoms with Gasteiger partial charge in [0.2, 0.25) is 5.95 Å². The van der Waals surface area contributed by atoms with E-state index in [1.807, 2.05) is 12.2 Å². The second kappa shape index (κ2) is 6.70. The molecule has 0 bridgehead atoms. The van der Waals surface area contributed by atoms with Crippen molar-refractivity contribution >= 4 is 17.7 Å². The van der Waals surface area contributed by atoms with Crippen LogP contribution in [0.2, 0.25) is 0 Å². The molecule has 3 atom stereocenters. The zero-order valence-corrected chi connectivity index (χ0v) is 12.8. The molecule has 1 aromatic rings. The predicted molar refractivity (Wildman–Crippen MR) is 90.4 cm³/mol. The number of anilines is 2. The van der Waals surface area contributed by atoms with E-state index in [0.29, 0.717) is 19.3 Å². The molecule has 0 aliphatic heterocycles. The lowest BCUT2D eigenvalue weighted by Crippen LogP contribution is -2.36. The standard InChI is InChI=1S/C16H27N5O2/c1-9-5-6-10(7-12(9)22)19-14-11(13(17)23)8-18-15(20-14)21-16(2,3)4/h8-10,12,22H,5-7H2,1-4H3,(H2,17,23)(H2,18,19,20,21)/i2D3,3D3,4D3. The van der Waals surface area contributed by atoms with E-state index in [4.69, 9.17) is 18.1 Å². The number of hydrogen-bond acceptors (Lipinski definition) is 6. The number of nitrogens with zero attached hydrogens (tertiary/aromatic N) is 2. The Kier molecular flexibility index (Phi) is 2.57. The van der Waals surface area contributed by atoms with E-state index >= 15 is 0 Å². The third-order valence-electron chi connectivity index (χ3n) is 3.85. The van der Waals surface area contributed by atoms with Crippen LogP contribution in [0.25, 0.3) is 0 Å². The maximum Gasteiger partial charge on any atom is 0.254 e. The molecule has 3 unspecified atom stereocenters. The molecule has 0 radical (unpaired) electrons. The first-order chi connectivity index (χ1) is 14.4. The first-order valence-corrected chi connectivity index (χ1v) is 7.30. The number of amides is 1. The number of aliphatic hydroxyl groups excluding tert-OH is 1. The fraction of sp³-hybridized carbons (Fsp3) is 0.688. The number of nitrogens with one attached hydrogen (secondary N) is 2. The van der Waals surface area contributed by atoms with Gasteiger partial charge < -0.3 is 21.5 Å². The number of primary amides is 1. The molecule has 1 heterocycles. The molecule has 7 nitrogen and oxygen atoms in total. The van der Waals surface area contributed by atoms with Crippen LogP contribution in [-0.2, 0) is 0 Å². The fourth-order valence-corrected chi connectivity index (χ4v) is 2.52. The van der Waals surface area contributed by atoms with Crippen molar-refractivity contribution in [1.82, 2.24) is 9.97 Å². The van der Waals surface area contributed by atoms with E-state index < -0.39 is 44.1 Å². The van der Waals surface area contributed by atoms with E-state index in [0.717, 1.165) is 6.20 Å². The summed E-state index contributed by atoms with van der Waals surface area (Å²) in [7, 11) is 0. The van der Waals surface area contributed by atoms with Crippen molar-refractivity contribution in [3.05, 3.63) is 11.8 Å². The van der Waals surface area contributed by atoms with Crippen molar-refractivity contribution in [2.75, 3.05) is 10.6 Å². The highest BCUT2D eigenvalue weighted by Crippen LogP contribution is 2.27. The molecular weight excluding hydrogens is 294 g/mol. The topological polar surface area (TPSA) is 113 Å². The molecule has 1 fully saturated rings. The molecular formula is C16H27N5O2. The highest BCUT2D eigenvalue weighted by Gasteiger charge is 2.27. The minimum atomic E-state index is -3.51. The van der Waals surface area contributed by atoms with Gasteiger partial charge >= 0.3 is 0 Å². The second-order valence-electron chi connectivity index (χ2n) is 5.89. The van der Waals surface area contributed by atoms with Gasteiger partial charge in [-0.2, -0.15) is 4.98 Å². The second-order valence-corrected chi connectivity index (χ2v) is 5.89. The Morgan fingerprint density at radius 2 is 2.22 bits per heavy atom. The summed E-state index contributed by atoms with van der Waals surface area (Å²) in [5.74, 6) is -1.56. The van der Waals surface area contributed by atoms with Crippen molar-refractivity contribution in [3.63, 3.8) is 0 Å². The number of carbonyl (C=O) groups excluding carboxylic acids is 1. The third kappa shape index (κ3) is 4.79. The van der Waals surface area contributed by atoms with Crippen LogP contribution in [0.1, 0.15) is 69.4 Å². The largest absolute Gasteiger partial charge is 0.393 e. The summed E-state index contributed by atoms with van der Waals surface area (Å²) >= 11 is 0. The van der Waals surface area contributed by atoms with Crippen LogP contribution >= 0.6 is 0 Å². The number of aliphatic hydroxyl groups is 1. The fourth-order valence-electron chi connectivity index (χ4n) is 2.52. The molecule has 5 N–H and O–H groups in total. The van der Waals surface area contributed by atoms with E-state index in [9.17, 15) is 9.90 Å². The van der Waals surface area contributed by atoms with Crippen LogP contribution in [-0.4, -0.2) is 38.7 Å². The smallest absolute Gasteiger partial charge is 0.254 e. The van der Waals surface area contributed by atoms with E-state index in [1.165, 1.54) is 0 Å². The molecule has 1 amide bonds. The number of carbonyl (C=O) groups is 1. The molecule has 128 valence electrons. The van der Waals surface area contributed by atoms with E-state index in [-0.39, 0.29) is 23.3 Å². The van der Waals surface area contributed by atoms with Crippen molar-refractivity contribution in [1.29, 1.82) is 0 Å². The molecule has 1 aliphatic rings. The van der Waals surface area contributed by atoms with Crippen LogP contribution < -0.4 is 16.4 Å². The van der Waals surface area contributed by atoms with Crippen LogP contribution in [0.5, 0.6) is 0 Å². The van der Waals surface area contributed by atoms with Gasteiger partial charge in [-0.05, 0) is 45.7 Å². The molecule has 1 aliphatic carbocycles. The van der Waals surface area contributed by atoms with Gasteiger partial charge in [-0.3, -0.25) is 4.79 Å². The molecule has 0 saturated heterocycles. The molecule has 23 heavy (non-hydrogen) atoms. The molecule has 1 aromatic heterocycles. The summed E-state index contributed by atoms with van der Waals surface area (Å²) < 4.78 is 69.2. The first kappa shape index (κ1) is 8.82. The molecule has 1 saturated carbocycles. The number of nitrogens with two attached hydrogens (primary N) is 1. The van der Waals surface area contributed by atoms with Crippen molar-refractivity contribution in [2.45, 2.75) is 64.4 Å². The van der Waals surface area contributed by atoms with Gasteiger partial charge in [0.15, 0.2) is 0 Å². The summed E-state index contributed by atoms with van der Waals surface area (Å²) in [6.07, 6.45) is 2.03. The lowest BCUT2D eigenvalue weighted by molar-refractivity contribution is 0.0739. The van der Waals surface area contributed by atoms with Crippen LogP contribution in [0.15, 0.2) is 6.20 Å². The van der Waals surface area contributed by atoms with Gasteiger partial charge in [0.1, 0.15) is 5.82 Å². The minimum Gasteiger partial charge on any atom is -0.393 e. The Labute approximate surface area is 149 Å². The number of aromatic nitrogens is 2. The summed E-state index contributed by atoms with van der Waals surface area (Å²) in [5.41, 5.74) is 1.81. The van der Waals surface area contributed by atoms with Gasteiger partial charge in [0.05, 0.1) is 11.7 Å². The molecule has 7 heteroatoms. The maximum absolute atomic E-state index is 11.8. The third-order valence-corrected chi connectivity index (χ3v) is 3.85. The Hall–Kier alpha value is -1.89.